The minimum absolute atomic E-state index is 0.0695. The van der Waals surface area contributed by atoms with Crippen LogP contribution in [-0.4, -0.2) is 35.1 Å². The second kappa shape index (κ2) is 6.19. The van der Waals surface area contributed by atoms with Crippen molar-refractivity contribution < 1.29 is 14.6 Å². The fourth-order valence-electron chi connectivity index (χ4n) is 3.83. The van der Waals surface area contributed by atoms with Crippen molar-refractivity contribution in [3.05, 3.63) is 35.5 Å². The van der Waals surface area contributed by atoms with Crippen molar-refractivity contribution in [2.45, 2.75) is 82.7 Å². The Morgan fingerprint density at radius 2 is 2.00 bits per heavy atom. The SMILES string of the molecule is C=C1CO[C@H]2/C=C(\C)CC[C@@H]3O[C@]3(C)CCC=C(C)CC[C@@]12O. The van der Waals surface area contributed by atoms with E-state index < -0.39 is 5.60 Å². The molecule has 0 aromatic heterocycles. The van der Waals surface area contributed by atoms with Crippen LogP contribution in [-0.2, 0) is 9.47 Å². The molecule has 4 atom stereocenters. The Bertz CT molecular complexity index is 547. The summed E-state index contributed by atoms with van der Waals surface area (Å²) in [5.74, 6) is 0. The van der Waals surface area contributed by atoms with Gasteiger partial charge in [-0.15, -0.1) is 0 Å². The van der Waals surface area contributed by atoms with E-state index >= 15 is 0 Å². The number of hydrogen-bond acceptors (Lipinski definition) is 3. The van der Waals surface area contributed by atoms with Crippen LogP contribution in [0.4, 0.5) is 0 Å². The molecule has 3 rings (SSSR count). The lowest BCUT2D eigenvalue weighted by molar-refractivity contribution is -0.00624. The number of allylic oxidation sites excluding steroid dienone is 3. The Kier molecular flexibility index (Phi) is 4.56. The predicted molar refractivity (Wildman–Crippen MR) is 92.3 cm³/mol. The first-order chi connectivity index (χ1) is 10.8. The lowest BCUT2D eigenvalue weighted by atomic mass is 9.84. The van der Waals surface area contributed by atoms with Gasteiger partial charge in [-0.25, -0.2) is 0 Å². The Morgan fingerprint density at radius 1 is 1.22 bits per heavy atom. The van der Waals surface area contributed by atoms with Crippen LogP contribution < -0.4 is 0 Å². The molecule has 0 spiro atoms. The molecule has 3 nitrogen and oxygen atoms in total. The van der Waals surface area contributed by atoms with Gasteiger partial charge >= 0.3 is 0 Å². The van der Waals surface area contributed by atoms with Crippen LogP contribution in [0.1, 0.15) is 59.3 Å². The van der Waals surface area contributed by atoms with E-state index in [4.69, 9.17) is 9.47 Å². The minimum atomic E-state index is -0.926. The number of ether oxygens (including phenoxy) is 2. The van der Waals surface area contributed by atoms with Gasteiger partial charge in [0.15, 0.2) is 0 Å². The zero-order valence-electron chi connectivity index (χ0n) is 14.7. The van der Waals surface area contributed by atoms with Crippen molar-refractivity contribution in [1.82, 2.24) is 0 Å². The van der Waals surface area contributed by atoms with Crippen molar-refractivity contribution >= 4 is 0 Å². The highest BCUT2D eigenvalue weighted by molar-refractivity contribution is 5.27. The van der Waals surface area contributed by atoms with Gasteiger partial charge in [0.25, 0.3) is 0 Å². The summed E-state index contributed by atoms with van der Waals surface area (Å²) in [5, 5.41) is 11.1. The zero-order chi connectivity index (χ0) is 16.7. The zero-order valence-corrected chi connectivity index (χ0v) is 14.7. The smallest absolute Gasteiger partial charge is 0.118 e. The van der Waals surface area contributed by atoms with E-state index in [9.17, 15) is 5.11 Å². The van der Waals surface area contributed by atoms with E-state index in [2.05, 4.69) is 39.5 Å². The fourth-order valence-corrected chi connectivity index (χ4v) is 3.83. The molecule has 128 valence electrons. The van der Waals surface area contributed by atoms with Gasteiger partial charge in [-0.1, -0.05) is 29.9 Å². The van der Waals surface area contributed by atoms with Gasteiger partial charge in [0, 0.05) is 0 Å². The Morgan fingerprint density at radius 3 is 2.78 bits per heavy atom. The molecule has 2 heterocycles. The average molecular weight is 318 g/mol. The Hall–Kier alpha value is -0.900. The molecule has 0 bridgehead atoms. The van der Waals surface area contributed by atoms with Gasteiger partial charge in [0.2, 0.25) is 0 Å². The summed E-state index contributed by atoms with van der Waals surface area (Å²) in [7, 11) is 0. The number of epoxide rings is 1. The van der Waals surface area contributed by atoms with E-state index in [1.807, 2.05) is 0 Å². The standard InChI is InChI=1S/C20H30O3/c1-14-6-5-10-19(4)17(23-19)8-7-15(2)12-18-20(21,11-9-14)16(3)13-22-18/h6,12,17-18,21H,3,5,7-11,13H2,1-2,4H3/b14-6?,15-12+/t17-,18-,19+,20+/m0/s1. The van der Waals surface area contributed by atoms with Gasteiger partial charge in [-0.05, 0) is 64.9 Å². The van der Waals surface area contributed by atoms with Crippen LogP contribution in [0, 0.1) is 0 Å². The van der Waals surface area contributed by atoms with E-state index in [-0.39, 0.29) is 11.7 Å². The van der Waals surface area contributed by atoms with Crippen LogP contribution in [0.5, 0.6) is 0 Å². The van der Waals surface area contributed by atoms with Crippen molar-refractivity contribution in [2.24, 2.45) is 0 Å². The number of hydrogen-bond donors (Lipinski definition) is 1. The first-order valence-corrected chi connectivity index (χ1v) is 8.86. The normalized spacial score (nSPS) is 44.4. The van der Waals surface area contributed by atoms with Crippen LogP contribution in [0.25, 0.3) is 0 Å². The molecule has 3 aliphatic rings. The maximum Gasteiger partial charge on any atom is 0.118 e. The highest BCUT2D eigenvalue weighted by atomic mass is 16.6. The first-order valence-electron chi connectivity index (χ1n) is 8.86. The molecule has 1 N–H and O–H groups in total. The third-order valence-corrected chi connectivity index (χ3v) is 5.83. The lowest BCUT2D eigenvalue weighted by Crippen LogP contribution is -2.38. The van der Waals surface area contributed by atoms with Gasteiger partial charge in [-0.3, -0.25) is 0 Å². The molecule has 0 amide bonds. The third kappa shape index (κ3) is 3.47. The molecule has 2 saturated heterocycles. The van der Waals surface area contributed by atoms with Crippen molar-refractivity contribution in [1.29, 1.82) is 0 Å². The van der Waals surface area contributed by atoms with Crippen molar-refractivity contribution in [2.75, 3.05) is 6.61 Å². The molecular formula is C20H30O3. The van der Waals surface area contributed by atoms with Crippen LogP contribution in [0.2, 0.25) is 0 Å². The number of fused-ring (bicyclic) bond motifs is 2. The van der Waals surface area contributed by atoms with Crippen LogP contribution in [0.15, 0.2) is 35.5 Å². The van der Waals surface area contributed by atoms with E-state index in [1.165, 1.54) is 11.1 Å². The average Bonchev–Trinajstić information content (AvgIpc) is 3.07. The molecule has 0 saturated carbocycles. The second-order valence-electron chi connectivity index (χ2n) is 7.82. The third-order valence-electron chi connectivity index (χ3n) is 5.83. The summed E-state index contributed by atoms with van der Waals surface area (Å²) in [6.45, 7) is 11.0. The molecule has 2 fully saturated rings. The summed E-state index contributed by atoms with van der Waals surface area (Å²) in [6.07, 6.45) is 10.2. The fraction of sp³-hybridized carbons (Fsp3) is 0.700. The highest BCUT2D eigenvalue weighted by Crippen LogP contribution is 2.44. The summed E-state index contributed by atoms with van der Waals surface area (Å²) < 4.78 is 11.8. The summed E-state index contributed by atoms with van der Waals surface area (Å²) in [6, 6.07) is 0. The molecule has 1 aliphatic carbocycles. The molecule has 0 radical (unpaired) electrons. The molecule has 0 aromatic carbocycles. The summed E-state index contributed by atoms with van der Waals surface area (Å²) in [5.41, 5.74) is 2.55. The Labute approximate surface area is 140 Å². The van der Waals surface area contributed by atoms with Gasteiger partial charge in [-0.2, -0.15) is 0 Å². The topological polar surface area (TPSA) is 42.0 Å². The molecule has 2 aliphatic heterocycles. The van der Waals surface area contributed by atoms with E-state index in [0.29, 0.717) is 19.1 Å². The highest BCUT2D eigenvalue weighted by Gasteiger charge is 2.50. The lowest BCUT2D eigenvalue weighted by Gasteiger charge is -2.28. The number of rotatable bonds is 0. The van der Waals surface area contributed by atoms with Crippen LogP contribution in [0.3, 0.4) is 0 Å². The second-order valence-corrected chi connectivity index (χ2v) is 7.82. The van der Waals surface area contributed by atoms with E-state index in [1.54, 1.807) is 0 Å². The maximum absolute atomic E-state index is 11.1. The molecule has 3 heteroatoms. The molecular weight excluding hydrogens is 288 g/mol. The maximum atomic E-state index is 11.1. The quantitative estimate of drug-likeness (QED) is 0.540. The summed E-state index contributed by atoms with van der Waals surface area (Å²) in [4.78, 5) is 0. The molecule has 0 unspecified atom stereocenters. The minimum Gasteiger partial charge on any atom is -0.382 e. The first kappa shape index (κ1) is 16.9. The summed E-state index contributed by atoms with van der Waals surface area (Å²) >= 11 is 0. The molecule has 23 heavy (non-hydrogen) atoms. The van der Waals surface area contributed by atoms with Crippen molar-refractivity contribution in [3.63, 3.8) is 0 Å². The van der Waals surface area contributed by atoms with Crippen LogP contribution >= 0.6 is 0 Å². The van der Waals surface area contributed by atoms with Crippen molar-refractivity contribution in [3.8, 4) is 0 Å². The molecule has 0 aromatic rings. The largest absolute Gasteiger partial charge is 0.382 e. The Balaban J connectivity index is 1.80. The van der Waals surface area contributed by atoms with E-state index in [0.717, 1.165) is 37.7 Å². The monoisotopic (exact) mass is 318 g/mol. The van der Waals surface area contributed by atoms with Gasteiger partial charge < -0.3 is 14.6 Å². The van der Waals surface area contributed by atoms with Gasteiger partial charge in [0.05, 0.1) is 18.3 Å². The van der Waals surface area contributed by atoms with Gasteiger partial charge in [0.1, 0.15) is 11.7 Å². The number of aliphatic hydroxyl groups is 1. The predicted octanol–water partition coefficient (Wildman–Crippen LogP) is 4.08.